The number of ether oxygens (including phenoxy) is 1. The molecule has 0 amide bonds. The first-order valence-electron chi connectivity index (χ1n) is 7.05. The SMILES string of the molecule is COc1ccc(S(=O)(=O)N2CCCC[C@@H]2C)c(C)c1C. The normalized spacial score (nSPS) is 20.9. The van der Waals surface area contributed by atoms with Crippen molar-refractivity contribution in [1.29, 1.82) is 0 Å². The molecule has 20 heavy (non-hydrogen) atoms. The van der Waals surface area contributed by atoms with Crippen molar-refractivity contribution in [1.82, 2.24) is 4.31 Å². The van der Waals surface area contributed by atoms with E-state index in [1.807, 2.05) is 20.8 Å². The van der Waals surface area contributed by atoms with Crippen LogP contribution in [0.1, 0.15) is 37.3 Å². The molecule has 0 bridgehead atoms. The molecule has 0 N–H and O–H groups in total. The summed E-state index contributed by atoms with van der Waals surface area (Å²) in [6.45, 7) is 6.35. The van der Waals surface area contributed by atoms with Crippen LogP contribution in [0.15, 0.2) is 17.0 Å². The molecule has 1 atom stereocenters. The van der Waals surface area contributed by atoms with Crippen LogP contribution in [0.25, 0.3) is 0 Å². The standard InChI is InChI=1S/C15H23NO3S/c1-11-7-5-6-10-16(11)20(17,18)15-9-8-14(19-4)12(2)13(15)3/h8-9,11H,5-7,10H2,1-4H3/t11-/m0/s1. The minimum Gasteiger partial charge on any atom is -0.496 e. The Morgan fingerprint density at radius 2 is 1.90 bits per heavy atom. The first-order valence-corrected chi connectivity index (χ1v) is 8.49. The van der Waals surface area contributed by atoms with Gasteiger partial charge in [0.05, 0.1) is 12.0 Å². The van der Waals surface area contributed by atoms with Crippen LogP contribution < -0.4 is 4.74 Å². The average molecular weight is 297 g/mol. The van der Waals surface area contributed by atoms with E-state index in [1.165, 1.54) is 0 Å². The van der Waals surface area contributed by atoms with E-state index in [2.05, 4.69) is 0 Å². The molecule has 1 aromatic carbocycles. The average Bonchev–Trinajstić information content (AvgIpc) is 2.41. The van der Waals surface area contributed by atoms with Gasteiger partial charge in [-0.05, 0) is 56.9 Å². The Morgan fingerprint density at radius 3 is 2.50 bits per heavy atom. The molecule has 1 aliphatic heterocycles. The van der Waals surface area contributed by atoms with Crippen LogP contribution >= 0.6 is 0 Å². The van der Waals surface area contributed by atoms with Crippen molar-refractivity contribution in [3.8, 4) is 5.75 Å². The molecule has 5 heteroatoms. The van der Waals surface area contributed by atoms with Crippen molar-refractivity contribution >= 4 is 10.0 Å². The largest absolute Gasteiger partial charge is 0.496 e. The molecule has 0 saturated carbocycles. The second kappa shape index (κ2) is 5.74. The summed E-state index contributed by atoms with van der Waals surface area (Å²) in [6, 6.07) is 3.48. The molecular formula is C15H23NO3S. The van der Waals surface area contributed by atoms with Gasteiger partial charge in [-0.25, -0.2) is 8.42 Å². The first-order chi connectivity index (χ1) is 9.39. The van der Waals surface area contributed by atoms with Crippen LogP contribution in [-0.2, 0) is 10.0 Å². The molecule has 112 valence electrons. The van der Waals surface area contributed by atoms with E-state index in [4.69, 9.17) is 4.74 Å². The van der Waals surface area contributed by atoms with Crippen molar-refractivity contribution in [2.45, 2.75) is 51.0 Å². The van der Waals surface area contributed by atoms with Gasteiger partial charge in [0.2, 0.25) is 10.0 Å². The highest BCUT2D eigenvalue weighted by atomic mass is 32.2. The molecule has 4 nitrogen and oxygen atoms in total. The number of nitrogens with zero attached hydrogens (tertiary/aromatic N) is 1. The molecule has 2 rings (SSSR count). The summed E-state index contributed by atoms with van der Waals surface area (Å²) in [5, 5.41) is 0. The molecule has 0 aliphatic carbocycles. The van der Waals surface area contributed by atoms with E-state index < -0.39 is 10.0 Å². The number of rotatable bonds is 3. The number of hydrogen-bond donors (Lipinski definition) is 0. The van der Waals surface area contributed by atoms with Crippen molar-refractivity contribution in [3.05, 3.63) is 23.3 Å². The fraction of sp³-hybridized carbons (Fsp3) is 0.600. The van der Waals surface area contributed by atoms with Gasteiger partial charge in [-0.15, -0.1) is 0 Å². The van der Waals surface area contributed by atoms with Crippen LogP contribution in [0.5, 0.6) is 5.75 Å². The Hall–Kier alpha value is -1.07. The van der Waals surface area contributed by atoms with Gasteiger partial charge in [0.1, 0.15) is 5.75 Å². The maximum absolute atomic E-state index is 12.9. The molecule has 0 spiro atoms. The summed E-state index contributed by atoms with van der Waals surface area (Å²) in [6.07, 6.45) is 2.99. The molecule has 0 aromatic heterocycles. The predicted octanol–water partition coefficient (Wildman–Crippen LogP) is 2.88. The Bertz CT molecular complexity index is 595. The van der Waals surface area contributed by atoms with Crippen LogP contribution in [-0.4, -0.2) is 32.4 Å². The van der Waals surface area contributed by atoms with Crippen LogP contribution in [0.4, 0.5) is 0 Å². The minimum absolute atomic E-state index is 0.0792. The summed E-state index contributed by atoms with van der Waals surface area (Å²) in [7, 11) is -1.81. The summed E-state index contributed by atoms with van der Waals surface area (Å²) in [4.78, 5) is 0.407. The maximum atomic E-state index is 12.9. The zero-order valence-corrected chi connectivity index (χ0v) is 13.5. The molecule has 1 saturated heterocycles. The number of benzene rings is 1. The van der Waals surface area contributed by atoms with Gasteiger partial charge in [0.15, 0.2) is 0 Å². The van der Waals surface area contributed by atoms with Crippen molar-refractivity contribution in [3.63, 3.8) is 0 Å². The third-order valence-corrected chi connectivity index (χ3v) is 6.39. The van der Waals surface area contributed by atoms with Gasteiger partial charge in [0.25, 0.3) is 0 Å². The second-order valence-corrected chi connectivity index (χ2v) is 7.34. The van der Waals surface area contributed by atoms with E-state index in [0.29, 0.717) is 11.4 Å². The van der Waals surface area contributed by atoms with Crippen LogP contribution in [0.2, 0.25) is 0 Å². The molecule has 0 radical (unpaired) electrons. The van der Waals surface area contributed by atoms with Gasteiger partial charge in [0, 0.05) is 12.6 Å². The second-order valence-electron chi connectivity index (χ2n) is 5.48. The summed E-state index contributed by atoms with van der Waals surface area (Å²) in [5.41, 5.74) is 1.67. The van der Waals surface area contributed by atoms with E-state index >= 15 is 0 Å². The van der Waals surface area contributed by atoms with E-state index in [-0.39, 0.29) is 6.04 Å². The van der Waals surface area contributed by atoms with Crippen molar-refractivity contribution < 1.29 is 13.2 Å². The van der Waals surface area contributed by atoms with Gasteiger partial charge in [-0.2, -0.15) is 4.31 Å². The number of hydrogen-bond acceptors (Lipinski definition) is 3. The lowest BCUT2D eigenvalue weighted by Gasteiger charge is -2.32. The predicted molar refractivity (Wildman–Crippen MR) is 79.7 cm³/mol. The van der Waals surface area contributed by atoms with Crippen molar-refractivity contribution in [2.24, 2.45) is 0 Å². The van der Waals surface area contributed by atoms with Gasteiger partial charge < -0.3 is 4.74 Å². The van der Waals surface area contributed by atoms with Gasteiger partial charge in [-0.3, -0.25) is 0 Å². The Kier molecular flexibility index (Phi) is 4.39. The van der Waals surface area contributed by atoms with E-state index in [1.54, 1.807) is 23.5 Å². The fourth-order valence-electron chi connectivity index (χ4n) is 2.83. The molecule has 1 aromatic rings. The highest BCUT2D eigenvalue weighted by Gasteiger charge is 2.32. The number of sulfonamides is 1. The lowest BCUT2D eigenvalue weighted by molar-refractivity contribution is 0.268. The van der Waals surface area contributed by atoms with Gasteiger partial charge >= 0.3 is 0 Å². The highest BCUT2D eigenvalue weighted by Crippen LogP contribution is 2.31. The van der Waals surface area contributed by atoms with Crippen LogP contribution in [0, 0.1) is 13.8 Å². The third-order valence-electron chi connectivity index (χ3n) is 4.24. The lowest BCUT2D eigenvalue weighted by Crippen LogP contribution is -2.42. The minimum atomic E-state index is -3.41. The van der Waals surface area contributed by atoms with E-state index in [9.17, 15) is 8.42 Å². The highest BCUT2D eigenvalue weighted by molar-refractivity contribution is 7.89. The van der Waals surface area contributed by atoms with Crippen molar-refractivity contribution in [2.75, 3.05) is 13.7 Å². The topological polar surface area (TPSA) is 46.6 Å². The zero-order chi connectivity index (χ0) is 14.9. The first kappa shape index (κ1) is 15.3. The van der Waals surface area contributed by atoms with E-state index in [0.717, 1.165) is 36.1 Å². The zero-order valence-electron chi connectivity index (χ0n) is 12.6. The Morgan fingerprint density at radius 1 is 1.20 bits per heavy atom. The molecule has 0 unspecified atom stereocenters. The maximum Gasteiger partial charge on any atom is 0.243 e. The Labute approximate surface area is 121 Å². The summed E-state index contributed by atoms with van der Waals surface area (Å²) in [5.74, 6) is 0.730. The summed E-state index contributed by atoms with van der Waals surface area (Å²) < 4.78 is 32.6. The monoisotopic (exact) mass is 297 g/mol. The summed E-state index contributed by atoms with van der Waals surface area (Å²) >= 11 is 0. The number of piperidine rings is 1. The number of methoxy groups -OCH3 is 1. The molecule has 1 fully saturated rings. The van der Waals surface area contributed by atoms with Crippen LogP contribution in [0.3, 0.4) is 0 Å². The third kappa shape index (κ3) is 2.56. The molecule has 1 heterocycles. The quantitative estimate of drug-likeness (QED) is 0.862. The smallest absolute Gasteiger partial charge is 0.243 e. The Balaban J connectivity index is 2.47. The fourth-order valence-corrected chi connectivity index (χ4v) is 4.81. The molecule has 1 aliphatic rings. The lowest BCUT2D eigenvalue weighted by atomic mass is 10.1. The molecular weight excluding hydrogens is 274 g/mol. The van der Waals surface area contributed by atoms with Gasteiger partial charge in [-0.1, -0.05) is 6.42 Å².